The summed E-state index contributed by atoms with van der Waals surface area (Å²) in [4.78, 5) is 11.0. The quantitative estimate of drug-likeness (QED) is 0.431. The summed E-state index contributed by atoms with van der Waals surface area (Å²) in [7, 11) is 1.93. The van der Waals surface area contributed by atoms with Gasteiger partial charge in [0.2, 0.25) is 0 Å². The van der Waals surface area contributed by atoms with Crippen LogP contribution < -0.4 is 4.74 Å². The number of aryl methyl sites for hydroxylation is 3. The molecule has 0 amide bonds. The number of aliphatic carboxylic acids is 1. The summed E-state index contributed by atoms with van der Waals surface area (Å²) in [5, 5.41) is 14.4. The molecular weight excluding hydrogens is 388 g/mol. The lowest BCUT2D eigenvalue weighted by Crippen LogP contribution is -2.04. The van der Waals surface area contributed by atoms with Gasteiger partial charge in [-0.15, -0.1) is 0 Å². The third-order valence-corrected chi connectivity index (χ3v) is 5.62. The zero-order valence-electron chi connectivity index (χ0n) is 17.8. The van der Waals surface area contributed by atoms with Gasteiger partial charge in [-0.05, 0) is 59.9 Å². The van der Waals surface area contributed by atoms with Crippen molar-refractivity contribution in [2.24, 2.45) is 7.05 Å². The van der Waals surface area contributed by atoms with Gasteiger partial charge >= 0.3 is 5.97 Å². The monoisotopic (exact) mass is 414 g/mol. The Morgan fingerprint density at radius 1 is 1.06 bits per heavy atom. The van der Waals surface area contributed by atoms with Crippen LogP contribution in [0.2, 0.25) is 0 Å². The molecule has 0 saturated carbocycles. The van der Waals surface area contributed by atoms with Crippen molar-refractivity contribution in [2.75, 3.05) is 6.61 Å². The van der Waals surface area contributed by atoms with Crippen molar-refractivity contribution in [2.45, 2.75) is 26.2 Å². The molecular formula is C26H26N2O3. The molecule has 0 unspecified atom stereocenters. The largest absolute Gasteiger partial charge is 0.493 e. The lowest BCUT2D eigenvalue weighted by molar-refractivity contribution is -0.136. The molecule has 0 bridgehead atoms. The Morgan fingerprint density at radius 3 is 2.71 bits per heavy atom. The lowest BCUT2D eigenvalue weighted by Gasteiger charge is -2.14. The van der Waals surface area contributed by atoms with Crippen LogP contribution in [0.1, 0.15) is 23.1 Å². The van der Waals surface area contributed by atoms with Crippen LogP contribution in [-0.2, 0) is 24.7 Å². The number of ether oxygens (including phenoxy) is 1. The highest BCUT2D eigenvalue weighted by molar-refractivity contribution is 5.86. The number of nitrogens with zero attached hydrogens (tertiary/aromatic N) is 2. The van der Waals surface area contributed by atoms with Gasteiger partial charge in [0.25, 0.3) is 0 Å². The van der Waals surface area contributed by atoms with Crippen molar-refractivity contribution in [3.8, 4) is 16.9 Å². The molecule has 5 heteroatoms. The maximum Gasteiger partial charge on any atom is 0.303 e. The van der Waals surface area contributed by atoms with E-state index in [-0.39, 0.29) is 6.42 Å². The molecule has 0 fully saturated rings. The molecule has 0 atom stereocenters. The second kappa shape index (κ2) is 9.04. The molecule has 31 heavy (non-hydrogen) atoms. The van der Waals surface area contributed by atoms with Crippen LogP contribution >= 0.6 is 0 Å². The fourth-order valence-electron chi connectivity index (χ4n) is 3.83. The molecule has 3 aromatic carbocycles. The Hall–Kier alpha value is -3.60. The zero-order valence-corrected chi connectivity index (χ0v) is 17.8. The van der Waals surface area contributed by atoms with E-state index in [0.29, 0.717) is 13.0 Å². The Labute approximate surface area is 181 Å². The molecule has 0 radical (unpaired) electrons. The summed E-state index contributed by atoms with van der Waals surface area (Å²) < 4.78 is 8.06. The van der Waals surface area contributed by atoms with Gasteiger partial charge in [-0.3, -0.25) is 9.48 Å². The Bertz CT molecular complexity index is 1230. The highest BCUT2D eigenvalue weighted by Gasteiger charge is 2.11. The summed E-state index contributed by atoms with van der Waals surface area (Å²) in [6.07, 6.45) is 3.27. The molecule has 0 saturated heterocycles. The zero-order chi connectivity index (χ0) is 21.8. The highest BCUT2D eigenvalue weighted by Crippen LogP contribution is 2.33. The number of carboxylic acids is 1. The molecule has 1 aromatic heterocycles. The summed E-state index contributed by atoms with van der Waals surface area (Å²) in [5.41, 5.74) is 6.58. The third kappa shape index (κ3) is 4.77. The molecule has 5 nitrogen and oxygen atoms in total. The average molecular weight is 415 g/mol. The van der Waals surface area contributed by atoms with Crippen molar-refractivity contribution in [3.63, 3.8) is 0 Å². The van der Waals surface area contributed by atoms with Crippen LogP contribution in [0.25, 0.3) is 22.0 Å². The minimum Gasteiger partial charge on any atom is -0.493 e. The third-order valence-electron chi connectivity index (χ3n) is 5.62. The minimum absolute atomic E-state index is 0.106. The van der Waals surface area contributed by atoms with E-state index in [9.17, 15) is 4.79 Å². The van der Waals surface area contributed by atoms with E-state index in [1.165, 1.54) is 11.1 Å². The normalized spacial score (nSPS) is 11.0. The molecule has 1 heterocycles. The van der Waals surface area contributed by atoms with Gasteiger partial charge in [-0.25, -0.2) is 0 Å². The maximum absolute atomic E-state index is 11.0. The first-order valence-corrected chi connectivity index (χ1v) is 10.5. The number of benzene rings is 3. The van der Waals surface area contributed by atoms with E-state index in [2.05, 4.69) is 42.4 Å². The number of fused-ring (bicyclic) bond motifs is 1. The first-order chi connectivity index (χ1) is 15.0. The molecule has 1 N–H and O–H groups in total. The molecule has 4 aromatic rings. The Morgan fingerprint density at radius 2 is 1.90 bits per heavy atom. The maximum atomic E-state index is 11.0. The topological polar surface area (TPSA) is 64.3 Å². The van der Waals surface area contributed by atoms with Crippen LogP contribution in [0, 0.1) is 6.92 Å². The fourth-order valence-corrected chi connectivity index (χ4v) is 3.83. The van der Waals surface area contributed by atoms with Crippen LogP contribution in [-0.4, -0.2) is 27.5 Å². The van der Waals surface area contributed by atoms with Crippen LogP contribution in [0.4, 0.5) is 0 Å². The summed E-state index contributed by atoms with van der Waals surface area (Å²) >= 11 is 0. The Balaban J connectivity index is 1.62. The SMILES string of the molecule is Cc1ccccc1CCOc1ccc(CCC(=O)O)cc1-c1ccc2c(cnn2C)c1. The van der Waals surface area contributed by atoms with Gasteiger partial charge in [-0.1, -0.05) is 36.4 Å². The van der Waals surface area contributed by atoms with Gasteiger partial charge in [0, 0.05) is 30.8 Å². The minimum atomic E-state index is -0.795. The van der Waals surface area contributed by atoms with E-state index >= 15 is 0 Å². The molecule has 0 aliphatic rings. The molecule has 158 valence electrons. The van der Waals surface area contributed by atoms with E-state index < -0.39 is 5.97 Å². The standard InChI is InChI=1S/C26H26N2O3/c1-18-5-3-4-6-20(18)13-14-31-25-11-7-19(8-12-26(29)30)15-23(25)21-9-10-24-22(16-21)17-27-28(24)2/h3-7,9-11,15-17H,8,12-14H2,1-2H3,(H,29,30). The first-order valence-electron chi connectivity index (χ1n) is 10.5. The average Bonchev–Trinajstić information content (AvgIpc) is 3.14. The number of rotatable bonds is 8. The van der Waals surface area contributed by atoms with Crippen LogP contribution in [0.5, 0.6) is 5.75 Å². The van der Waals surface area contributed by atoms with E-state index in [1.54, 1.807) is 0 Å². The van der Waals surface area contributed by atoms with Crippen LogP contribution in [0.15, 0.2) is 66.9 Å². The van der Waals surface area contributed by atoms with Crippen molar-refractivity contribution in [1.29, 1.82) is 0 Å². The highest BCUT2D eigenvalue weighted by atomic mass is 16.5. The second-order valence-corrected chi connectivity index (χ2v) is 7.79. The van der Waals surface area contributed by atoms with Gasteiger partial charge < -0.3 is 9.84 Å². The van der Waals surface area contributed by atoms with Gasteiger partial charge in [-0.2, -0.15) is 5.10 Å². The van der Waals surface area contributed by atoms with Gasteiger partial charge in [0.15, 0.2) is 0 Å². The van der Waals surface area contributed by atoms with Crippen LogP contribution in [0.3, 0.4) is 0 Å². The van der Waals surface area contributed by atoms with E-state index in [1.807, 2.05) is 48.3 Å². The van der Waals surface area contributed by atoms with Gasteiger partial charge in [0.1, 0.15) is 5.75 Å². The molecule has 0 aliphatic heterocycles. The first kappa shape index (κ1) is 20.7. The number of aromatic nitrogens is 2. The number of hydrogen-bond acceptors (Lipinski definition) is 3. The van der Waals surface area contributed by atoms with E-state index in [0.717, 1.165) is 39.8 Å². The molecule has 0 aliphatic carbocycles. The van der Waals surface area contributed by atoms with Crippen molar-refractivity contribution >= 4 is 16.9 Å². The Kier molecular flexibility index (Phi) is 6.03. The van der Waals surface area contributed by atoms with Crippen molar-refractivity contribution in [3.05, 3.63) is 83.6 Å². The molecule has 0 spiro atoms. The van der Waals surface area contributed by atoms with Crippen molar-refractivity contribution < 1.29 is 14.6 Å². The smallest absolute Gasteiger partial charge is 0.303 e. The van der Waals surface area contributed by atoms with Crippen molar-refractivity contribution in [1.82, 2.24) is 9.78 Å². The predicted molar refractivity (Wildman–Crippen MR) is 122 cm³/mol. The summed E-state index contributed by atoms with van der Waals surface area (Å²) in [6, 6.07) is 20.5. The van der Waals surface area contributed by atoms with E-state index in [4.69, 9.17) is 9.84 Å². The predicted octanol–water partition coefficient (Wildman–Crippen LogP) is 5.19. The molecule has 4 rings (SSSR count). The van der Waals surface area contributed by atoms with Gasteiger partial charge in [0.05, 0.1) is 18.3 Å². The fraction of sp³-hybridized carbons (Fsp3) is 0.231. The summed E-state index contributed by atoms with van der Waals surface area (Å²) in [6.45, 7) is 2.68. The second-order valence-electron chi connectivity index (χ2n) is 7.79. The number of hydrogen-bond donors (Lipinski definition) is 1. The number of carboxylic acid groups (broad SMARTS) is 1. The number of carbonyl (C=O) groups is 1. The lowest BCUT2D eigenvalue weighted by atomic mass is 9.98. The summed E-state index contributed by atoms with van der Waals surface area (Å²) in [5.74, 6) is 0.00721.